The Morgan fingerprint density at radius 2 is 1.97 bits per heavy atom. The third-order valence-electron chi connectivity index (χ3n) is 5.82. The van der Waals surface area contributed by atoms with E-state index in [1.165, 1.54) is 22.3 Å². The summed E-state index contributed by atoms with van der Waals surface area (Å²) in [7, 11) is 0. The first-order valence-electron chi connectivity index (χ1n) is 10.2. The lowest BCUT2D eigenvalue weighted by molar-refractivity contribution is -0.173. The number of benzene rings is 2. The summed E-state index contributed by atoms with van der Waals surface area (Å²) in [6, 6.07) is 14.8. The lowest BCUT2D eigenvalue weighted by atomic mass is 9.80. The zero-order valence-corrected chi connectivity index (χ0v) is 16.5. The molecule has 2 aliphatic rings. The Morgan fingerprint density at radius 3 is 2.72 bits per heavy atom. The van der Waals surface area contributed by atoms with Gasteiger partial charge in [-0.3, -0.25) is 0 Å². The van der Waals surface area contributed by atoms with Gasteiger partial charge in [0, 0.05) is 25.0 Å². The molecule has 0 saturated heterocycles. The molecule has 0 fully saturated rings. The van der Waals surface area contributed by atoms with Gasteiger partial charge in [-0.2, -0.15) is 0 Å². The highest BCUT2D eigenvalue weighted by molar-refractivity contribution is 5.84. The number of hydrogen-bond donors (Lipinski definition) is 2. The highest BCUT2D eigenvalue weighted by Crippen LogP contribution is 2.43. The van der Waals surface area contributed by atoms with Gasteiger partial charge in [-0.15, -0.1) is 0 Å². The molecule has 0 radical (unpaired) electrons. The SMILES string of the molecule is CCO[C@@H]1OC(C(=O)O)=C[C@H](c2ccc3c(c2)Cc2ccccc2-3)[C@H]1CCCO. The van der Waals surface area contributed by atoms with E-state index < -0.39 is 12.3 Å². The van der Waals surface area contributed by atoms with Crippen molar-refractivity contribution in [2.75, 3.05) is 13.2 Å². The maximum Gasteiger partial charge on any atom is 0.370 e. The first-order chi connectivity index (χ1) is 14.1. The molecule has 3 atom stereocenters. The van der Waals surface area contributed by atoms with Crippen LogP contribution in [0.2, 0.25) is 0 Å². The molecule has 0 spiro atoms. The van der Waals surface area contributed by atoms with E-state index in [1.54, 1.807) is 6.08 Å². The minimum Gasteiger partial charge on any atom is -0.475 e. The van der Waals surface area contributed by atoms with Crippen LogP contribution in [-0.2, 0) is 20.7 Å². The number of fused-ring (bicyclic) bond motifs is 3. The number of carboxylic acid groups (broad SMARTS) is 1. The Bertz CT molecular complexity index is 933. The molecule has 1 aliphatic heterocycles. The van der Waals surface area contributed by atoms with Gasteiger partial charge in [0.2, 0.25) is 12.0 Å². The third-order valence-corrected chi connectivity index (χ3v) is 5.82. The molecule has 0 saturated carbocycles. The maximum atomic E-state index is 11.6. The van der Waals surface area contributed by atoms with Crippen molar-refractivity contribution in [2.24, 2.45) is 5.92 Å². The second-order valence-corrected chi connectivity index (χ2v) is 7.58. The van der Waals surface area contributed by atoms with Gasteiger partial charge in [-0.1, -0.05) is 42.5 Å². The van der Waals surface area contributed by atoms with E-state index in [0.717, 1.165) is 12.0 Å². The Balaban J connectivity index is 1.72. The monoisotopic (exact) mass is 394 g/mol. The number of aliphatic hydroxyl groups excluding tert-OH is 1. The quantitative estimate of drug-likeness (QED) is 0.631. The van der Waals surface area contributed by atoms with Crippen molar-refractivity contribution >= 4 is 5.97 Å². The summed E-state index contributed by atoms with van der Waals surface area (Å²) in [5.41, 5.74) is 6.15. The molecule has 4 rings (SSSR count). The van der Waals surface area contributed by atoms with E-state index in [2.05, 4.69) is 42.5 Å². The van der Waals surface area contributed by atoms with Gasteiger partial charge in [0.05, 0.1) is 0 Å². The van der Waals surface area contributed by atoms with E-state index in [0.29, 0.717) is 19.4 Å². The average molecular weight is 394 g/mol. The highest BCUT2D eigenvalue weighted by atomic mass is 16.7. The third kappa shape index (κ3) is 3.80. The van der Waals surface area contributed by atoms with Gasteiger partial charge in [0.1, 0.15) is 0 Å². The van der Waals surface area contributed by atoms with Crippen molar-refractivity contribution in [1.29, 1.82) is 0 Å². The van der Waals surface area contributed by atoms with Crippen LogP contribution in [0.25, 0.3) is 11.1 Å². The number of ether oxygens (including phenoxy) is 2. The van der Waals surface area contributed by atoms with Crippen LogP contribution in [-0.4, -0.2) is 35.7 Å². The summed E-state index contributed by atoms with van der Waals surface area (Å²) in [6.45, 7) is 2.38. The first kappa shape index (κ1) is 19.7. The zero-order chi connectivity index (χ0) is 20.4. The molecule has 1 aliphatic carbocycles. The predicted molar refractivity (Wildman–Crippen MR) is 109 cm³/mol. The molecule has 0 aromatic heterocycles. The van der Waals surface area contributed by atoms with Crippen LogP contribution in [0.3, 0.4) is 0 Å². The molecule has 0 bridgehead atoms. The molecule has 29 heavy (non-hydrogen) atoms. The minimum atomic E-state index is -1.09. The molecule has 0 unspecified atom stereocenters. The van der Waals surface area contributed by atoms with Gasteiger partial charge in [0.15, 0.2) is 0 Å². The van der Waals surface area contributed by atoms with Crippen LogP contribution in [0.15, 0.2) is 54.3 Å². The van der Waals surface area contributed by atoms with E-state index in [-0.39, 0.29) is 24.2 Å². The van der Waals surface area contributed by atoms with Gasteiger partial charge in [0.25, 0.3) is 0 Å². The van der Waals surface area contributed by atoms with E-state index in [1.807, 2.05) is 6.92 Å². The Hall–Kier alpha value is -2.63. The number of allylic oxidation sites excluding steroid dienone is 1. The molecule has 2 aromatic rings. The van der Waals surface area contributed by atoms with Crippen LogP contribution in [0.5, 0.6) is 0 Å². The summed E-state index contributed by atoms with van der Waals surface area (Å²) < 4.78 is 11.4. The van der Waals surface area contributed by atoms with E-state index in [9.17, 15) is 15.0 Å². The van der Waals surface area contributed by atoms with Crippen LogP contribution < -0.4 is 0 Å². The normalized spacial score (nSPS) is 22.4. The Morgan fingerprint density at radius 1 is 1.17 bits per heavy atom. The largest absolute Gasteiger partial charge is 0.475 e. The molecule has 152 valence electrons. The molecule has 2 N–H and O–H groups in total. The Kier molecular flexibility index (Phi) is 5.69. The number of aliphatic carboxylic acids is 1. The topological polar surface area (TPSA) is 76.0 Å². The van der Waals surface area contributed by atoms with Crippen molar-refractivity contribution in [1.82, 2.24) is 0 Å². The Labute approximate surface area is 170 Å². The fourth-order valence-electron chi connectivity index (χ4n) is 4.51. The number of rotatable bonds is 7. The molecule has 1 heterocycles. The smallest absolute Gasteiger partial charge is 0.370 e. The molecule has 0 amide bonds. The van der Waals surface area contributed by atoms with Crippen LogP contribution in [0, 0.1) is 5.92 Å². The van der Waals surface area contributed by atoms with Crippen LogP contribution in [0.1, 0.15) is 42.4 Å². The summed E-state index contributed by atoms with van der Waals surface area (Å²) in [4.78, 5) is 11.6. The molecular formula is C24H26O5. The number of carboxylic acids is 1. The maximum absolute atomic E-state index is 11.6. The van der Waals surface area contributed by atoms with Gasteiger partial charge < -0.3 is 19.7 Å². The first-order valence-corrected chi connectivity index (χ1v) is 10.2. The summed E-state index contributed by atoms with van der Waals surface area (Å²) in [5.74, 6) is -1.37. The van der Waals surface area contributed by atoms with Gasteiger partial charge >= 0.3 is 5.97 Å². The van der Waals surface area contributed by atoms with Crippen LogP contribution >= 0.6 is 0 Å². The van der Waals surface area contributed by atoms with Crippen LogP contribution in [0.4, 0.5) is 0 Å². The minimum absolute atomic E-state index is 0.0629. The second-order valence-electron chi connectivity index (χ2n) is 7.58. The van der Waals surface area contributed by atoms with Crippen molar-refractivity contribution < 1.29 is 24.5 Å². The van der Waals surface area contributed by atoms with E-state index in [4.69, 9.17) is 9.47 Å². The fourth-order valence-corrected chi connectivity index (χ4v) is 4.51. The lowest BCUT2D eigenvalue weighted by Gasteiger charge is -2.36. The number of carbonyl (C=O) groups is 1. The van der Waals surface area contributed by atoms with E-state index >= 15 is 0 Å². The zero-order valence-electron chi connectivity index (χ0n) is 16.5. The second kappa shape index (κ2) is 8.39. The van der Waals surface area contributed by atoms with Crippen molar-refractivity contribution in [3.05, 3.63) is 71.0 Å². The number of aliphatic hydroxyl groups is 1. The summed E-state index contributed by atoms with van der Waals surface area (Å²) in [5, 5.41) is 18.9. The lowest BCUT2D eigenvalue weighted by Crippen LogP contribution is -2.36. The molecule has 2 aromatic carbocycles. The fraction of sp³-hybridized carbons (Fsp3) is 0.375. The molecular weight excluding hydrogens is 368 g/mol. The van der Waals surface area contributed by atoms with Crippen molar-refractivity contribution in [3.63, 3.8) is 0 Å². The van der Waals surface area contributed by atoms with Gasteiger partial charge in [-0.05, 0) is 60.1 Å². The standard InChI is InChI=1S/C24H26O5/c1-2-28-24-20(8-5-11-25)21(14-22(29-24)23(26)27)16-9-10-19-17(13-16)12-15-6-3-4-7-18(15)19/h3-4,6-7,9-10,13-14,20-21,24-25H,2,5,8,11-12H2,1H3,(H,26,27)/t20-,21-,24-/m1/s1. The number of hydrogen-bond acceptors (Lipinski definition) is 4. The van der Waals surface area contributed by atoms with Crippen molar-refractivity contribution in [3.8, 4) is 11.1 Å². The highest BCUT2D eigenvalue weighted by Gasteiger charge is 2.38. The predicted octanol–water partition coefficient (Wildman–Crippen LogP) is 4.09. The van der Waals surface area contributed by atoms with Gasteiger partial charge in [-0.25, -0.2) is 4.79 Å². The molecule has 5 heteroatoms. The average Bonchev–Trinajstić information content (AvgIpc) is 3.10. The summed E-state index contributed by atoms with van der Waals surface area (Å²) >= 11 is 0. The summed E-state index contributed by atoms with van der Waals surface area (Å²) in [6.07, 6.45) is 3.24. The van der Waals surface area contributed by atoms with Crippen molar-refractivity contribution in [2.45, 2.75) is 38.4 Å². The molecule has 5 nitrogen and oxygen atoms in total.